The van der Waals surface area contributed by atoms with Crippen molar-refractivity contribution < 1.29 is 4.79 Å². The molecule has 5 nitrogen and oxygen atoms in total. The molecule has 0 atom stereocenters. The summed E-state index contributed by atoms with van der Waals surface area (Å²) >= 11 is 0. The van der Waals surface area contributed by atoms with Gasteiger partial charge in [-0.1, -0.05) is 12.2 Å². The fourth-order valence-corrected chi connectivity index (χ4v) is 0.797. The first-order chi connectivity index (χ1) is 6.93. The highest BCUT2D eigenvalue weighted by molar-refractivity contribution is 14.0. The lowest BCUT2D eigenvalue weighted by atomic mass is 10.3. The van der Waals surface area contributed by atoms with E-state index in [9.17, 15) is 4.79 Å². The second-order valence-electron chi connectivity index (χ2n) is 3.62. The average Bonchev–Trinajstić information content (AvgIpc) is 2.14. The summed E-state index contributed by atoms with van der Waals surface area (Å²) in [6.45, 7) is 6.61. The minimum atomic E-state index is 0. The summed E-state index contributed by atoms with van der Waals surface area (Å²) in [5.41, 5.74) is 6.51. The van der Waals surface area contributed by atoms with Crippen molar-refractivity contribution >= 4 is 35.8 Å². The van der Waals surface area contributed by atoms with E-state index < -0.39 is 0 Å². The van der Waals surface area contributed by atoms with Gasteiger partial charge in [0.2, 0.25) is 5.91 Å². The molecule has 0 unspecified atom stereocenters. The lowest BCUT2D eigenvalue weighted by Gasteiger charge is -2.10. The molecule has 0 rings (SSSR count). The monoisotopic (exact) mass is 340 g/mol. The number of aliphatic imine (C=N–C) groups is 1. The molecule has 0 aromatic carbocycles. The predicted octanol–water partition coefficient (Wildman–Crippen LogP) is 0.563. The van der Waals surface area contributed by atoms with Gasteiger partial charge >= 0.3 is 0 Å². The van der Waals surface area contributed by atoms with Crippen molar-refractivity contribution in [1.82, 2.24) is 10.2 Å². The number of carbonyl (C=O) groups is 1. The minimum Gasteiger partial charge on any atom is -0.370 e. The van der Waals surface area contributed by atoms with E-state index in [-0.39, 0.29) is 29.9 Å². The van der Waals surface area contributed by atoms with Gasteiger partial charge in [-0.25, -0.2) is 4.99 Å². The van der Waals surface area contributed by atoms with Gasteiger partial charge in [0.25, 0.3) is 0 Å². The topological polar surface area (TPSA) is 70.7 Å². The molecule has 0 saturated carbocycles. The van der Waals surface area contributed by atoms with Crippen LogP contribution in [0.3, 0.4) is 0 Å². The van der Waals surface area contributed by atoms with E-state index in [1.165, 1.54) is 0 Å². The fourth-order valence-electron chi connectivity index (χ4n) is 0.797. The number of nitrogens with two attached hydrogens (primary N) is 1. The van der Waals surface area contributed by atoms with Crippen LogP contribution in [0.15, 0.2) is 17.1 Å². The van der Waals surface area contributed by atoms with Gasteiger partial charge < -0.3 is 16.0 Å². The van der Waals surface area contributed by atoms with Crippen molar-refractivity contribution in [2.24, 2.45) is 10.7 Å². The molecule has 0 radical (unpaired) electrons. The Labute approximate surface area is 114 Å². The van der Waals surface area contributed by atoms with Crippen molar-refractivity contribution in [3.63, 3.8) is 0 Å². The highest BCUT2D eigenvalue weighted by Gasteiger charge is 2.02. The van der Waals surface area contributed by atoms with E-state index >= 15 is 0 Å². The molecule has 0 bridgehead atoms. The molecule has 16 heavy (non-hydrogen) atoms. The second-order valence-corrected chi connectivity index (χ2v) is 3.62. The molecular weight excluding hydrogens is 319 g/mol. The zero-order valence-corrected chi connectivity index (χ0v) is 12.4. The van der Waals surface area contributed by atoms with Crippen LogP contribution in [0.1, 0.15) is 13.3 Å². The fraction of sp³-hybridized carbons (Fsp3) is 0.600. The molecule has 0 heterocycles. The van der Waals surface area contributed by atoms with Gasteiger partial charge in [0.05, 0.1) is 6.54 Å². The van der Waals surface area contributed by atoms with E-state index in [2.05, 4.69) is 16.9 Å². The lowest BCUT2D eigenvalue weighted by Crippen LogP contribution is -2.35. The van der Waals surface area contributed by atoms with Gasteiger partial charge in [-0.2, -0.15) is 0 Å². The number of nitrogens with one attached hydrogen (secondary N) is 1. The first-order valence-electron chi connectivity index (χ1n) is 4.81. The number of amides is 1. The molecule has 6 heteroatoms. The van der Waals surface area contributed by atoms with Crippen molar-refractivity contribution in [3.8, 4) is 0 Å². The summed E-state index contributed by atoms with van der Waals surface area (Å²) in [5, 5.41) is 2.86. The Morgan fingerprint density at radius 3 is 2.50 bits per heavy atom. The molecule has 0 aliphatic rings. The van der Waals surface area contributed by atoms with Crippen LogP contribution in [0.5, 0.6) is 0 Å². The highest BCUT2D eigenvalue weighted by Crippen LogP contribution is 1.87. The van der Waals surface area contributed by atoms with E-state index in [0.29, 0.717) is 25.5 Å². The first-order valence-corrected chi connectivity index (χ1v) is 4.81. The molecule has 94 valence electrons. The molecule has 0 fully saturated rings. The molecule has 3 N–H and O–H groups in total. The maximum atomic E-state index is 11.2. The second kappa shape index (κ2) is 9.44. The average molecular weight is 340 g/mol. The standard InChI is InChI=1S/C10H20N4O.HI/c1-8(2)7-13-10(11)12-6-5-9(15)14(3)4;/h1,5-7H2,2-4H3,(H3,11,12,13);1H. The number of hydrogen-bond acceptors (Lipinski definition) is 2. The third kappa shape index (κ3) is 9.75. The highest BCUT2D eigenvalue weighted by atomic mass is 127. The van der Waals surface area contributed by atoms with Crippen molar-refractivity contribution in [1.29, 1.82) is 0 Å². The Morgan fingerprint density at radius 2 is 2.06 bits per heavy atom. The number of guanidine groups is 1. The summed E-state index contributed by atoms with van der Waals surface area (Å²) in [7, 11) is 3.45. The van der Waals surface area contributed by atoms with Crippen LogP contribution in [0.2, 0.25) is 0 Å². The van der Waals surface area contributed by atoms with E-state index in [0.717, 1.165) is 5.57 Å². The molecule has 0 saturated heterocycles. The maximum Gasteiger partial charge on any atom is 0.223 e. The zero-order valence-electron chi connectivity index (χ0n) is 10.1. The van der Waals surface area contributed by atoms with Gasteiger partial charge in [0, 0.05) is 27.1 Å². The van der Waals surface area contributed by atoms with E-state index in [1.807, 2.05) is 6.92 Å². The van der Waals surface area contributed by atoms with Crippen LogP contribution in [-0.4, -0.2) is 44.0 Å². The summed E-state index contributed by atoms with van der Waals surface area (Å²) in [5.74, 6) is 0.416. The number of hydrogen-bond donors (Lipinski definition) is 2. The van der Waals surface area contributed by atoms with Crippen molar-refractivity contribution in [2.45, 2.75) is 13.3 Å². The maximum absolute atomic E-state index is 11.2. The van der Waals surface area contributed by atoms with E-state index in [4.69, 9.17) is 5.73 Å². The van der Waals surface area contributed by atoms with Crippen LogP contribution in [0.4, 0.5) is 0 Å². The number of rotatable bonds is 5. The molecule has 0 aromatic heterocycles. The Hall–Kier alpha value is -0.790. The normalized spacial score (nSPS) is 10.3. The van der Waals surface area contributed by atoms with Gasteiger partial charge in [-0.15, -0.1) is 24.0 Å². The summed E-state index contributed by atoms with van der Waals surface area (Å²) in [4.78, 5) is 16.8. The van der Waals surface area contributed by atoms with Crippen LogP contribution >= 0.6 is 24.0 Å². The smallest absolute Gasteiger partial charge is 0.223 e. The SMILES string of the molecule is C=C(C)CN=C(N)NCCC(=O)N(C)C.I. The molecule has 1 amide bonds. The molecule has 0 spiro atoms. The molecular formula is C10H21IN4O. The van der Waals surface area contributed by atoms with E-state index in [1.54, 1.807) is 19.0 Å². The Bertz CT molecular complexity index is 264. The Kier molecular flexibility index (Phi) is 10.4. The van der Waals surface area contributed by atoms with Crippen LogP contribution in [-0.2, 0) is 4.79 Å². The van der Waals surface area contributed by atoms with Crippen molar-refractivity contribution in [3.05, 3.63) is 12.2 Å². The van der Waals surface area contributed by atoms with Crippen molar-refractivity contribution in [2.75, 3.05) is 27.2 Å². The molecule has 0 aromatic rings. The van der Waals surface area contributed by atoms with Crippen LogP contribution < -0.4 is 11.1 Å². The Balaban J connectivity index is 0. The zero-order chi connectivity index (χ0) is 11.8. The first kappa shape index (κ1) is 17.6. The summed E-state index contributed by atoms with van der Waals surface area (Å²) < 4.78 is 0. The summed E-state index contributed by atoms with van der Waals surface area (Å²) in [6.07, 6.45) is 0.413. The molecule has 0 aliphatic heterocycles. The minimum absolute atomic E-state index is 0. The predicted molar refractivity (Wildman–Crippen MR) is 78.0 cm³/mol. The van der Waals surface area contributed by atoms with Gasteiger partial charge in [-0.05, 0) is 6.92 Å². The van der Waals surface area contributed by atoms with Gasteiger partial charge in [-0.3, -0.25) is 4.79 Å². The third-order valence-electron chi connectivity index (χ3n) is 1.66. The quantitative estimate of drug-likeness (QED) is 0.333. The lowest BCUT2D eigenvalue weighted by molar-refractivity contribution is -0.128. The van der Waals surface area contributed by atoms with Gasteiger partial charge in [0.15, 0.2) is 5.96 Å². The van der Waals surface area contributed by atoms with Gasteiger partial charge in [0.1, 0.15) is 0 Å². The van der Waals surface area contributed by atoms with Crippen LogP contribution in [0.25, 0.3) is 0 Å². The number of carbonyl (C=O) groups excluding carboxylic acids is 1. The third-order valence-corrected chi connectivity index (χ3v) is 1.66. The Morgan fingerprint density at radius 1 is 1.50 bits per heavy atom. The largest absolute Gasteiger partial charge is 0.370 e. The summed E-state index contributed by atoms with van der Waals surface area (Å²) in [6, 6.07) is 0. The van der Waals surface area contributed by atoms with Crippen LogP contribution in [0, 0.1) is 0 Å². The molecule has 0 aliphatic carbocycles. The number of nitrogens with zero attached hydrogens (tertiary/aromatic N) is 2. The number of halogens is 1.